The summed E-state index contributed by atoms with van der Waals surface area (Å²) in [6, 6.07) is 8.23. The van der Waals surface area contributed by atoms with Crippen molar-refractivity contribution >= 4 is 12.6 Å². The van der Waals surface area contributed by atoms with Crippen molar-refractivity contribution in [1.29, 1.82) is 0 Å². The summed E-state index contributed by atoms with van der Waals surface area (Å²) in [6.45, 7) is 3.28. The molecule has 3 nitrogen and oxygen atoms in total. The molecule has 0 amide bonds. The van der Waals surface area contributed by atoms with Crippen molar-refractivity contribution in [1.82, 2.24) is 4.90 Å². The molecule has 19 heavy (non-hydrogen) atoms. The molecule has 4 heteroatoms. The highest BCUT2D eigenvalue weighted by atomic mass is 16.4. The number of nitrogens with zero attached hydrogens (tertiary/aromatic N) is 1. The molecule has 1 aromatic rings. The van der Waals surface area contributed by atoms with Crippen LogP contribution < -0.4 is 5.46 Å². The predicted molar refractivity (Wildman–Crippen MR) is 79.2 cm³/mol. The fraction of sp³-hybridized carbons (Fsp3) is 0.600. The summed E-state index contributed by atoms with van der Waals surface area (Å²) in [7, 11) is 0.825. The molecular weight excluding hydrogens is 237 g/mol. The quantitative estimate of drug-likeness (QED) is 0.805. The first-order valence-electron chi connectivity index (χ1n) is 7.23. The Kier molecular flexibility index (Phi) is 5.02. The second-order valence-corrected chi connectivity index (χ2v) is 5.86. The van der Waals surface area contributed by atoms with Gasteiger partial charge in [-0.05, 0) is 36.8 Å². The van der Waals surface area contributed by atoms with E-state index in [4.69, 9.17) is 10.0 Å². The van der Waals surface area contributed by atoms with Crippen LogP contribution in [0.2, 0.25) is 0 Å². The molecule has 1 aliphatic carbocycles. The van der Waals surface area contributed by atoms with Gasteiger partial charge >= 0.3 is 7.12 Å². The highest BCUT2D eigenvalue weighted by Gasteiger charge is 2.24. The van der Waals surface area contributed by atoms with Crippen LogP contribution in [0.25, 0.3) is 0 Å². The summed E-state index contributed by atoms with van der Waals surface area (Å²) in [5.41, 5.74) is 1.78. The average Bonchev–Trinajstić information content (AvgIpc) is 2.39. The van der Waals surface area contributed by atoms with E-state index in [1.54, 1.807) is 12.1 Å². The van der Waals surface area contributed by atoms with Gasteiger partial charge in [-0.2, -0.15) is 0 Å². The molecule has 1 saturated carbocycles. The summed E-state index contributed by atoms with van der Waals surface area (Å²) < 4.78 is 0. The summed E-state index contributed by atoms with van der Waals surface area (Å²) in [6.07, 6.45) is 5.35. The smallest absolute Gasteiger partial charge is 0.423 e. The van der Waals surface area contributed by atoms with Gasteiger partial charge in [0.05, 0.1) is 0 Å². The van der Waals surface area contributed by atoms with E-state index in [9.17, 15) is 0 Å². The standard InChI is InChI=1S/C15H24BNO2/c1-12-5-3-4-6-15(12)17(2)11-13-7-9-14(10-8-13)16(18)19/h7-10,12,15,18-19H,3-6,11H2,1-2H3. The van der Waals surface area contributed by atoms with Crippen LogP contribution in [0.4, 0.5) is 0 Å². The maximum absolute atomic E-state index is 9.08. The number of rotatable bonds is 4. The van der Waals surface area contributed by atoms with Crippen molar-refractivity contribution in [2.45, 2.75) is 45.2 Å². The van der Waals surface area contributed by atoms with E-state index in [1.807, 2.05) is 12.1 Å². The second kappa shape index (κ2) is 6.55. The second-order valence-electron chi connectivity index (χ2n) is 5.86. The van der Waals surface area contributed by atoms with Gasteiger partial charge in [0.15, 0.2) is 0 Å². The van der Waals surface area contributed by atoms with Crippen molar-refractivity contribution in [2.24, 2.45) is 5.92 Å². The fourth-order valence-electron chi connectivity index (χ4n) is 3.15. The monoisotopic (exact) mass is 261 g/mol. The van der Waals surface area contributed by atoms with Crippen LogP contribution in [0.3, 0.4) is 0 Å². The van der Waals surface area contributed by atoms with E-state index in [1.165, 1.54) is 31.2 Å². The Balaban J connectivity index is 1.96. The van der Waals surface area contributed by atoms with Crippen molar-refractivity contribution in [3.8, 4) is 0 Å². The molecule has 0 aromatic heterocycles. The average molecular weight is 261 g/mol. The van der Waals surface area contributed by atoms with E-state index < -0.39 is 7.12 Å². The third kappa shape index (κ3) is 3.82. The molecule has 0 heterocycles. The summed E-state index contributed by atoms with van der Waals surface area (Å²) in [5.74, 6) is 0.775. The molecule has 2 atom stereocenters. The predicted octanol–water partition coefficient (Wildman–Crippen LogP) is 1.38. The Bertz CT molecular complexity index is 394. The fourth-order valence-corrected chi connectivity index (χ4v) is 3.15. The molecule has 1 aromatic carbocycles. The van der Waals surface area contributed by atoms with Gasteiger partial charge in [0.1, 0.15) is 0 Å². The van der Waals surface area contributed by atoms with Gasteiger partial charge < -0.3 is 10.0 Å². The largest absolute Gasteiger partial charge is 0.488 e. The van der Waals surface area contributed by atoms with Crippen LogP contribution >= 0.6 is 0 Å². The van der Waals surface area contributed by atoms with Gasteiger partial charge in [0, 0.05) is 12.6 Å². The van der Waals surface area contributed by atoms with E-state index in [-0.39, 0.29) is 0 Å². The lowest BCUT2D eigenvalue weighted by molar-refractivity contribution is 0.133. The molecule has 104 valence electrons. The number of benzene rings is 1. The molecule has 1 fully saturated rings. The van der Waals surface area contributed by atoms with Gasteiger partial charge in [-0.3, -0.25) is 4.90 Å². The first kappa shape index (κ1) is 14.6. The van der Waals surface area contributed by atoms with Crippen molar-refractivity contribution in [3.05, 3.63) is 29.8 Å². The molecule has 2 unspecified atom stereocenters. The zero-order valence-corrected chi connectivity index (χ0v) is 11.9. The van der Waals surface area contributed by atoms with Crippen LogP contribution in [-0.2, 0) is 6.54 Å². The Morgan fingerprint density at radius 3 is 2.37 bits per heavy atom. The van der Waals surface area contributed by atoms with Gasteiger partial charge in [-0.15, -0.1) is 0 Å². The number of hydrogen-bond donors (Lipinski definition) is 2. The summed E-state index contributed by atoms with van der Waals surface area (Å²) >= 11 is 0. The van der Waals surface area contributed by atoms with Gasteiger partial charge in [0.25, 0.3) is 0 Å². The Labute approximate surface area is 116 Å². The lowest BCUT2D eigenvalue weighted by atomic mass is 9.80. The molecule has 2 N–H and O–H groups in total. The zero-order valence-electron chi connectivity index (χ0n) is 11.9. The SMILES string of the molecule is CC1CCCCC1N(C)Cc1ccc(B(O)O)cc1. The van der Waals surface area contributed by atoms with E-state index >= 15 is 0 Å². The van der Waals surface area contributed by atoms with E-state index in [0.717, 1.165) is 12.5 Å². The lowest BCUT2D eigenvalue weighted by Gasteiger charge is -2.36. The molecule has 0 radical (unpaired) electrons. The maximum atomic E-state index is 9.08. The maximum Gasteiger partial charge on any atom is 0.488 e. The molecular formula is C15H24BNO2. The minimum Gasteiger partial charge on any atom is -0.423 e. The van der Waals surface area contributed by atoms with Gasteiger partial charge in [-0.25, -0.2) is 0 Å². The Morgan fingerprint density at radius 1 is 1.16 bits per heavy atom. The third-order valence-corrected chi connectivity index (χ3v) is 4.34. The molecule has 1 aliphatic rings. The first-order chi connectivity index (χ1) is 9.08. The van der Waals surface area contributed by atoms with Crippen LogP contribution in [0.5, 0.6) is 0 Å². The van der Waals surface area contributed by atoms with Crippen molar-refractivity contribution in [3.63, 3.8) is 0 Å². The molecule has 0 spiro atoms. The highest BCUT2D eigenvalue weighted by Crippen LogP contribution is 2.28. The molecule has 0 aliphatic heterocycles. The molecule has 2 rings (SSSR count). The normalized spacial score (nSPS) is 23.6. The van der Waals surface area contributed by atoms with Crippen LogP contribution in [-0.4, -0.2) is 35.2 Å². The van der Waals surface area contributed by atoms with Crippen molar-refractivity contribution in [2.75, 3.05) is 7.05 Å². The lowest BCUT2D eigenvalue weighted by Crippen LogP contribution is -2.38. The van der Waals surface area contributed by atoms with Crippen LogP contribution in [0.1, 0.15) is 38.2 Å². The van der Waals surface area contributed by atoms with Crippen molar-refractivity contribution < 1.29 is 10.0 Å². The minimum atomic E-state index is -1.37. The topological polar surface area (TPSA) is 43.7 Å². The Morgan fingerprint density at radius 2 is 1.79 bits per heavy atom. The summed E-state index contributed by atoms with van der Waals surface area (Å²) in [4.78, 5) is 2.44. The zero-order chi connectivity index (χ0) is 13.8. The van der Waals surface area contributed by atoms with Gasteiger partial charge in [0.2, 0.25) is 0 Å². The molecule has 0 bridgehead atoms. The molecule has 0 saturated heterocycles. The van der Waals surface area contributed by atoms with Crippen LogP contribution in [0.15, 0.2) is 24.3 Å². The third-order valence-electron chi connectivity index (χ3n) is 4.34. The van der Waals surface area contributed by atoms with E-state index in [2.05, 4.69) is 18.9 Å². The highest BCUT2D eigenvalue weighted by molar-refractivity contribution is 6.58. The van der Waals surface area contributed by atoms with Gasteiger partial charge in [-0.1, -0.05) is 44.0 Å². The number of hydrogen-bond acceptors (Lipinski definition) is 3. The van der Waals surface area contributed by atoms with Crippen LogP contribution in [0, 0.1) is 5.92 Å². The summed E-state index contributed by atoms with van der Waals surface area (Å²) in [5, 5.41) is 18.2. The Hall–Kier alpha value is -0.835. The van der Waals surface area contributed by atoms with E-state index in [0.29, 0.717) is 11.5 Å². The minimum absolute atomic E-state index is 0.553. The first-order valence-corrected chi connectivity index (χ1v) is 7.23.